The van der Waals surface area contributed by atoms with Crippen LogP contribution in [0.25, 0.3) is 11.1 Å². The molecule has 0 aliphatic rings. The third kappa shape index (κ3) is 2.79. The number of aromatic nitrogens is 3. The van der Waals surface area contributed by atoms with Crippen molar-refractivity contribution in [1.82, 2.24) is 15.2 Å². The number of nitrogens with one attached hydrogen (secondary N) is 2. The van der Waals surface area contributed by atoms with Crippen LogP contribution < -0.4 is 5.32 Å². The zero-order valence-electron chi connectivity index (χ0n) is 11.9. The maximum atomic E-state index is 12.1. The Bertz CT molecular complexity index is 788. The van der Waals surface area contributed by atoms with Gasteiger partial charge in [-0.2, -0.15) is 5.10 Å². The molecule has 6 heteroatoms. The predicted octanol–water partition coefficient (Wildman–Crippen LogP) is 3.06. The molecular weight excluding hydrogens is 268 g/mol. The van der Waals surface area contributed by atoms with Gasteiger partial charge in [0.15, 0.2) is 17.2 Å². The monoisotopic (exact) mass is 284 g/mol. The van der Waals surface area contributed by atoms with Crippen molar-refractivity contribution in [1.29, 1.82) is 0 Å². The Kier molecular flexibility index (Phi) is 3.43. The minimum Gasteiger partial charge on any atom is -0.441 e. The minimum atomic E-state index is -0.242. The van der Waals surface area contributed by atoms with Gasteiger partial charge in [-0.15, -0.1) is 0 Å². The lowest BCUT2D eigenvalue weighted by atomic mass is 10.2. The van der Waals surface area contributed by atoms with E-state index in [-0.39, 0.29) is 5.91 Å². The molecule has 3 aromatic rings. The van der Waals surface area contributed by atoms with E-state index in [0.717, 1.165) is 24.1 Å². The quantitative estimate of drug-likeness (QED) is 0.771. The second kappa shape index (κ2) is 5.40. The van der Waals surface area contributed by atoms with E-state index in [4.69, 9.17) is 4.42 Å². The maximum Gasteiger partial charge on any atom is 0.276 e. The summed E-state index contributed by atoms with van der Waals surface area (Å²) in [6, 6.07) is 7.13. The molecule has 0 aliphatic heterocycles. The van der Waals surface area contributed by atoms with Gasteiger partial charge < -0.3 is 9.73 Å². The van der Waals surface area contributed by atoms with Gasteiger partial charge in [-0.25, -0.2) is 4.98 Å². The molecule has 0 aliphatic carbocycles. The number of hydrogen-bond donors (Lipinski definition) is 2. The number of carbonyl (C=O) groups excluding carboxylic acids is 1. The molecule has 21 heavy (non-hydrogen) atoms. The van der Waals surface area contributed by atoms with Gasteiger partial charge in [0.1, 0.15) is 5.52 Å². The van der Waals surface area contributed by atoms with Crippen LogP contribution in [-0.2, 0) is 6.42 Å². The van der Waals surface area contributed by atoms with E-state index in [2.05, 4.69) is 27.4 Å². The average Bonchev–Trinajstić information content (AvgIpc) is 3.04. The highest BCUT2D eigenvalue weighted by Gasteiger charge is 2.11. The van der Waals surface area contributed by atoms with Gasteiger partial charge >= 0.3 is 0 Å². The number of carbonyl (C=O) groups is 1. The Hall–Kier alpha value is -2.63. The first-order valence-electron chi connectivity index (χ1n) is 6.88. The molecule has 0 radical (unpaired) electrons. The standard InChI is InChI=1S/C15H16N4O2/c1-3-4-11-8-13(19-18-11)15(20)17-10-5-6-14-12(7-10)16-9(2)21-14/h5-8H,3-4H2,1-2H3,(H,17,20)(H,18,19). The first-order valence-corrected chi connectivity index (χ1v) is 6.88. The highest BCUT2D eigenvalue weighted by molar-refractivity contribution is 6.03. The lowest BCUT2D eigenvalue weighted by molar-refractivity contribution is 0.102. The van der Waals surface area contributed by atoms with Gasteiger partial charge in [0, 0.05) is 18.3 Å². The number of nitrogens with zero attached hydrogens (tertiary/aromatic N) is 2. The highest BCUT2D eigenvalue weighted by Crippen LogP contribution is 2.20. The Morgan fingerprint density at radius 1 is 1.38 bits per heavy atom. The molecular formula is C15H16N4O2. The van der Waals surface area contributed by atoms with Crippen LogP contribution in [0.2, 0.25) is 0 Å². The SMILES string of the molecule is CCCc1cc(C(=O)Nc2ccc3oc(C)nc3c2)n[nH]1. The van der Waals surface area contributed by atoms with E-state index in [1.165, 1.54) is 0 Å². The summed E-state index contributed by atoms with van der Waals surface area (Å²) in [6.07, 6.45) is 1.88. The third-order valence-electron chi connectivity index (χ3n) is 3.14. The number of anilines is 1. The van der Waals surface area contributed by atoms with Crippen LogP contribution in [0.5, 0.6) is 0 Å². The smallest absolute Gasteiger partial charge is 0.276 e. The van der Waals surface area contributed by atoms with Gasteiger partial charge in [0.2, 0.25) is 0 Å². The molecule has 0 saturated carbocycles. The van der Waals surface area contributed by atoms with Crippen LogP contribution in [0.3, 0.4) is 0 Å². The second-order valence-electron chi connectivity index (χ2n) is 4.90. The molecule has 0 fully saturated rings. The molecule has 0 unspecified atom stereocenters. The Labute approximate surface area is 121 Å². The van der Waals surface area contributed by atoms with Crippen molar-refractivity contribution in [3.05, 3.63) is 41.5 Å². The molecule has 108 valence electrons. The predicted molar refractivity (Wildman–Crippen MR) is 79.3 cm³/mol. The topological polar surface area (TPSA) is 83.8 Å². The van der Waals surface area contributed by atoms with Crippen molar-refractivity contribution in [3.8, 4) is 0 Å². The maximum absolute atomic E-state index is 12.1. The molecule has 1 aromatic carbocycles. The molecule has 2 heterocycles. The lowest BCUT2D eigenvalue weighted by Crippen LogP contribution is -2.12. The van der Waals surface area contributed by atoms with Crippen LogP contribution >= 0.6 is 0 Å². The second-order valence-corrected chi connectivity index (χ2v) is 4.90. The van der Waals surface area contributed by atoms with E-state index in [0.29, 0.717) is 22.9 Å². The van der Waals surface area contributed by atoms with Gasteiger partial charge in [0.05, 0.1) is 0 Å². The Morgan fingerprint density at radius 3 is 3.05 bits per heavy atom. The van der Waals surface area contributed by atoms with Crippen molar-refractivity contribution in [3.63, 3.8) is 0 Å². The fourth-order valence-electron chi connectivity index (χ4n) is 2.19. The van der Waals surface area contributed by atoms with E-state index in [9.17, 15) is 4.79 Å². The summed E-state index contributed by atoms with van der Waals surface area (Å²) in [5, 5.41) is 9.71. The fourth-order valence-corrected chi connectivity index (χ4v) is 2.19. The number of aromatic amines is 1. The normalized spacial score (nSPS) is 11.0. The summed E-state index contributed by atoms with van der Waals surface area (Å²) in [7, 11) is 0. The van der Waals surface area contributed by atoms with E-state index >= 15 is 0 Å². The first-order chi connectivity index (χ1) is 10.2. The average molecular weight is 284 g/mol. The molecule has 2 aromatic heterocycles. The summed E-state index contributed by atoms with van der Waals surface area (Å²) in [5.41, 5.74) is 3.44. The van der Waals surface area contributed by atoms with Crippen molar-refractivity contribution in [2.75, 3.05) is 5.32 Å². The Balaban J connectivity index is 1.78. The summed E-state index contributed by atoms with van der Waals surface area (Å²) in [5.74, 6) is 0.359. The number of amides is 1. The largest absolute Gasteiger partial charge is 0.441 e. The summed E-state index contributed by atoms with van der Waals surface area (Å²) in [6.45, 7) is 3.87. The zero-order valence-corrected chi connectivity index (χ0v) is 11.9. The van der Waals surface area contributed by atoms with Gasteiger partial charge in [-0.1, -0.05) is 13.3 Å². The van der Waals surface area contributed by atoms with E-state index < -0.39 is 0 Å². The van der Waals surface area contributed by atoms with Gasteiger partial charge in [-0.05, 0) is 30.7 Å². The van der Waals surface area contributed by atoms with Crippen molar-refractivity contribution < 1.29 is 9.21 Å². The number of benzene rings is 1. The van der Waals surface area contributed by atoms with Gasteiger partial charge in [-0.3, -0.25) is 9.89 Å². The number of aryl methyl sites for hydroxylation is 2. The molecule has 6 nitrogen and oxygen atoms in total. The van der Waals surface area contributed by atoms with Crippen LogP contribution in [0.15, 0.2) is 28.7 Å². The summed E-state index contributed by atoms with van der Waals surface area (Å²) >= 11 is 0. The van der Waals surface area contributed by atoms with E-state index in [1.807, 2.05) is 0 Å². The summed E-state index contributed by atoms with van der Waals surface area (Å²) in [4.78, 5) is 16.4. The van der Waals surface area contributed by atoms with Crippen molar-refractivity contribution in [2.24, 2.45) is 0 Å². The minimum absolute atomic E-state index is 0.242. The first kappa shape index (κ1) is 13.4. The number of rotatable bonds is 4. The summed E-state index contributed by atoms with van der Waals surface area (Å²) < 4.78 is 5.40. The number of hydrogen-bond acceptors (Lipinski definition) is 4. The molecule has 0 atom stereocenters. The lowest BCUT2D eigenvalue weighted by Gasteiger charge is -2.02. The van der Waals surface area contributed by atoms with Crippen molar-refractivity contribution >= 4 is 22.7 Å². The molecule has 0 saturated heterocycles. The zero-order chi connectivity index (χ0) is 14.8. The van der Waals surface area contributed by atoms with Crippen molar-refractivity contribution in [2.45, 2.75) is 26.7 Å². The molecule has 1 amide bonds. The molecule has 2 N–H and O–H groups in total. The number of fused-ring (bicyclic) bond motifs is 1. The fraction of sp³-hybridized carbons (Fsp3) is 0.267. The third-order valence-corrected chi connectivity index (χ3v) is 3.14. The van der Waals surface area contributed by atoms with Crippen LogP contribution in [0.4, 0.5) is 5.69 Å². The molecule has 0 spiro atoms. The highest BCUT2D eigenvalue weighted by atomic mass is 16.3. The molecule has 3 rings (SSSR count). The molecule has 0 bridgehead atoms. The van der Waals surface area contributed by atoms with Crippen LogP contribution in [0, 0.1) is 6.92 Å². The van der Waals surface area contributed by atoms with E-state index in [1.54, 1.807) is 31.2 Å². The van der Waals surface area contributed by atoms with Crippen LogP contribution in [-0.4, -0.2) is 21.1 Å². The van der Waals surface area contributed by atoms with Gasteiger partial charge in [0.25, 0.3) is 5.91 Å². The number of H-pyrrole nitrogens is 1. The Morgan fingerprint density at radius 2 is 2.24 bits per heavy atom. The number of oxazole rings is 1. The van der Waals surface area contributed by atoms with Crippen LogP contribution in [0.1, 0.15) is 35.4 Å².